The van der Waals surface area contributed by atoms with Gasteiger partial charge in [0.2, 0.25) is 6.08 Å². The highest BCUT2D eigenvalue weighted by Crippen LogP contribution is 2.18. The van der Waals surface area contributed by atoms with Gasteiger partial charge in [-0.05, 0) is 6.92 Å². The Balaban J connectivity index is 2.93. The molecule has 0 bridgehead atoms. The number of carbonyl (C=O) groups is 1. The molecule has 0 spiro atoms. The van der Waals surface area contributed by atoms with Gasteiger partial charge in [0.15, 0.2) is 0 Å². The summed E-state index contributed by atoms with van der Waals surface area (Å²) in [7, 11) is -4.06. The number of nitrogens with two attached hydrogens (primary N) is 1. The number of ether oxygens (including phenoxy) is 1. The van der Waals surface area contributed by atoms with Gasteiger partial charge in [-0.2, -0.15) is 18.1 Å². The molecule has 1 heterocycles. The molecule has 1 aliphatic rings. The molecule has 0 aliphatic carbocycles. The summed E-state index contributed by atoms with van der Waals surface area (Å²) in [6, 6.07) is -2.20. The lowest BCUT2D eigenvalue weighted by Crippen LogP contribution is -2.47. The van der Waals surface area contributed by atoms with E-state index < -0.39 is 34.4 Å². The van der Waals surface area contributed by atoms with E-state index in [1.54, 1.807) is 0 Å². The number of hydrogen-bond donors (Lipinski definition) is 2. The maximum atomic E-state index is 11.2. The fourth-order valence-electron chi connectivity index (χ4n) is 1.27. The zero-order valence-corrected chi connectivity index (χ0v) is 8.52. The standard InChI is InChI=1S/C6H9N3O5S/c1-3-4(8-2-10)5(6(11)14-3)9-15(7,12)13/h3-5,9H,1H3,(H2,7,12,13)/t3-,4-,5-/m0/s1. The third-order valence-corrected chi connectivity index (χ3v) is 2.45. The SMILES string of the molecule is C[C@@H]1OC(=O)[C@@H](NS(N)(=O)=O)[C@H]1N=C=O. The van der Waals surface area contributed by atoms with Crippen molar-refractivity contribution in [3.63, 3.8) is 0 Å². The molecule has 0 radical (unpaired) electrons. The average molecular weight is 235 g/mol. The molecule has 9 heteroatoms. The minimum atomic E-state index is -4.06. The van der Waals surface area contributed by atoms with Crippen LogP contribution in [-0.2, 0) is 24.5 Å². The number of aliphatic imine (C=N–C) groups is 1. The molecule has 15 heavy (non-hydrogen) atoms. The molecular weight excluding hydrogens is 226 g/mol. The number of nitrogens with one attached hydrogen (secondary N) is 1. The number of isocyanates is 1. The Morgan fingerprint density at radius 3 is 2.67 bits per heavy atom. The van der Waals surface area contributed by atoms with Crippen molar-refractivity contribution in [2.75, 3.05) is 0 Å². The number of esters is 1. The molecule has 1 saturated heterocycles. The molecule has 8 nitrogen and oxygen atoms in total. The van der Waals surface area contributed by atoms with Gasteiger partial charge in [0.1, 0.15) is 18.2 Å². The maximum absolute atomic E-state index is 11.2. The highest BCUT2D eigenvalue weighted by molar-refractivity contribution is 7.87. The van der Waals surface area contributed by atoms with Gasteiger partial charge in [-0.25, -0.2) is 9.93 Å². The van der Waals surface area contributed by atoms with Gasteiger partial charge in [-0.15, -0.1) is 0 Å². The van der Waals surface area contributed by atoms with Crippen LogP contribution >= 0.6 is 0 Å². The quantitative estimate of drug-likeness (QED) is 0.326. The van der Waals surface area contributed by atoms with Crippen molar-refractivity contribution < 1.29 is 22.7 Å². The molecule has 0 aromatic rings. The zero-order valence-electron chi connectivity index (χ0n) is 7.71. The molecule has 0 aromatic heterocycles. The van der Waals surface area contributed by atoms with E-state index in [1.807, 2.05) is 4.72 Å². The number of nitrogens with zero attached hydrogens (tertiary/aromatic N) is 1. The number of hydrogen-bond acceptors (Lipinski definition) is 6. The Labute approximate surface area is 85.7 Å². The van der Waals surface area contributed by atoms with E-state index >= 15 is 0 Å². The highest BCUT2D eigenvalue weighted by Gasteiger charge is 2.44. The maximum Gasteiger partial charge on any atom is 0.326 e. The van der Waals surface area contributed by atoms with Crippen molar-refractivity contribution in [1.82, 2.24) is 4.72 Å². The summed E-state index contributed by atoms with van der Waals surface area (Å²) in [6.07, 6.45) is 0.547. The average Bonchev–Trinajstić information content (AvgIpc) is 2.30. The highest BCUT2D eigenvalue weighted by atomic mass is 32.2. The van der Waals surface area contributed by atoms with Crippen LogP contribution in [0.25, 0.3) is 0 Å². The second kappa shape index (κ2) is 4.07. The van der Waals surface area contributed by atoms with Crippen LogP contribution in [0.15, 0.2) is 4.99 Å². The van der Waals surface area contributed by atoms with Gasteiger partial charge in [-0.1, -0.05) is 0 Å². The summed E-state index contributed by atoms with van der Waals surface area (Å²) in [5.41, 5.74) is 0. The summed E-state index contributed by atoms with van der Waals surface area (Å²) >= 11 is 0. The van der Waals surface area contributed by atoms with Gasteiger partial charge in [0.25, 0.3) is 10.2 Å². The van der Waals surface area contributed by atoms with Crippen LogP contribution in [0.5, 0.6) is 0 Å². The Bertz CT molecular complexity index is 412. The van der Waals surface area contributed by atoms with E-state index in [0.717, 1.165) is 0 Å². The van der Waals surface area contributed by atoms with E-state index in [-0.39, 0.29) is 0 Å². The van der Waals surface area contributed by atoms with Crippen molar-refractivity contribution in [1.29, 1.82) is 0 Å². The molecule has 1 fully saturated rings. The fourth-order valence-corrected chi connectivity index (χ4v) is 1.86. The van der Waals surface area contributed by atoms with Gasteiger partial charge in [0, 0.05) is 0 Å². The van der Waals surface area contributed by atoms with Crippen LogP contribution in [0.2, 0.25) is 0 Å². The largest absolute Gasteiger partial charge is 0.459 e. The lowest BCUT2D eigenvalue weighted by Gasteiger charge is -2.11. The van der Waals surface area contributed by atoms with E-state index in [4.69, 9.17) is 9.88 Å². The first-order valence-corrected chi connectivity index (χ1v) is 5.47. The van der Waals surface area contributed by atoms with Crippen molar-refractivity contribution in [3.05, 3.63) is 0 Å². The van der Waals surface area contributed by atoms with Gasteiger partial charge in [0.05, 0.1) is 0 Å². The number of rotatable bonds is 3. The van der Waals surface area contributed by atoms with Crippen LogP contribution in [0.3, 0.4) is 0 Å². The topological polar surface area (TPSA) is 128 Å². The van der Waals surface area contributed by atoms with Crippen LogP contribution in [0.1, 0.15) is 6.92 Å². The van der Waals surface area contributed by atoms with Crippen molar-refractivity contribution in [2.24, 2.45) is 10.1 Å². The van der Waals surface area contributed by atoms with Crippen LogP contribution in [0, 0.1) is 0 Å². The molecule has 1 rings (SSSR count). The van der Waals surface area contributed by atoms with Crippen molar-refractivity contribution in [3.8, 4) is 0 Å². The third kappa shape index (κ3) is 2.83. The molecule has 0 unspecified atom stereocenters. The molecule has 0 saturated carbocycles. The van der Waals surface area contributed by atoms with E-state index in [0.29, 0.717) is 0 Å². The van der Waals surface area contributed by atoms with Crippen LogP contribution < -0.4 is 9.86 Å². The molecule has 1 aliphatic heterocycles. The first kappa shape index (κ1) is 11.8. The zero-order chi connectivity index (χ0) is 11.6. The van der Waals surface area contributed by atoms with Gasteiger partial charge >= 0.3 is 5.97 Å². The summed E-state index contributed by atoms with van der Waals surface area (Å²) in [4.78, 5) is 24.5. The molecule has 0 amide bonds. The fraction of sp³-hybridized carbons (Fsp3) is 0.667. The normalized spacial score (nSPS) is 30.8. The summed E-state index contributed by atoms with van der Waals surface area (Å²) in [6.45, 7) is 1.48. The van der Waals surface area contributed by atoms with Crippen LogP contribution in [0.4, 0.5) is 0 Å². The summed E-state index contributed by atoms with van der Waals surface area (Å²) in [5.74, 6) is -0.819. The lowest BCUT2D eigenvalue weighted by molar-refractivity contribution is -0.142. The van der Waals surface area contributed by atoms with E-state index in [1.165, 1.54) is 13.0 Å². The second-order valence-electron chi connectivity index (χ2n) is 2.99. The van der Waals surface area contributed by atoms with Gasteiger partial charge in [-0.3, -0.25) is 4.79 Å². The number of carbonyl (C=O) groups excluding carboxylic acids is 2. The smallest absolute Gasteiger partial charge is 0.326 e. The minimum Gasteiger partial charge on any atom is -0.459 e. The predicted molar refractivity (Wildman–Crippen MR) is 47.5 cm³/mol. The summed E-state index contributed by atoms with van der Waals surface area (Å²) in [5, 5.41) is 4.69. The Morgan fingerprint density at radius 2 is 2.20 bits per heavy atom. The molecule has 0 aromatic carbocycles. The Kier molecular flexibility index (Phi) is 3.20. The van der Waals surface area contributed by atoms with E-state index in [9.17, 15) is 18.0 Å². The minimum absolute atomic E-state index is 0.696. The molecule has 3 N–H and O–H groups in total. The van der Waals surface area contributed by atoms with Crippen molar-refractivity contribution in [2.45, 2.75) is 25.1 Å². The Hall–Kier alpha value is -1.28. The summed E-state index contributed by atoms with van der Waals surface area (Å²) < 4.78 is 27.9. The van der Waals surface area contributed by atoms with Gasteiger partial charge < -0.3 is 4.74 Å². The number of cyclic esters (lactones) is 1. The Morgan fingerprint density at radius 1 is 1.60 bits per heavy atom. The molecular formula is C6H9N3O5S. The third-order valence-electron chi connectivity index (χ3n) is 1.87. The van der Waals surface area contributed by atoms with Crippen LogP contribution in [-0.4, -0.2) is 38.7 Å². The molecule has 84 valence electrons. The first-order chi connectivity index (χ1) is 6.85. The second-order valence-corrected chi connectivity index (χ2v) is 4.32. The van der Waals surface area contributed by atoms with Crippen molar-refractivity contribution >= 4 is 22.3 Å². The molecule has 3 atom stereocenters. The predicted octanol–water partition coefficient (Wildman–Crippen LogP) is -2.20. The monoisotopic (exact) mass is 235 g/mol. The lowest BCUT2D eigenvalue weighted by atomic mass is 10.1. The van der Waals surface area contributed by atoms with E-state index in [2.05, 4.69) is 4.99 Å². The first-order valence-electron chi connectivity index (χ1n) is 3.92.